The van der Waals surface area contributed by atoms with Crippen molar-refractivity contribution in [3.05, 3.63) is 48.6 Å². The summed E-state index contributed by atoms with van der Waals surface area (Å²) in [5, 5.41) is 0. The molecule has 0 heterocycles. The molecule has 70 heavy (non-hydrogen) atoms. The molecule has 0 saturated carbocycles. The number of esters is 3. The SMILES string of the molecule is CCCCC/C=C\C/C=C\C/C=C\CCCCCCCCC(=O)OC(COC(=O)CCCCCCCCCCC/C=C\CCCCCCCCCC)COC(=O)CCCCCCCCCCCCCC. The van der Waals surface area contributed by atoms with E-state index >= 15 is 0 Å². The highest BCUT2D eigenvalue weighted by atomic mass is 16.6. The van der Waals surface area contributed by atoms with Crippen molar-refractivity contribution in [2.75, 3.05) is 13.2 Å². The normalized spacial score (nSPS) is 12.3. The van der Waals surface area contributed by atoms with Crippen LogP contribution in [0.15, 0.2) is 48.6 Å². The zero-order chi connectivity index (χ0) is 50.7. The van der Waals surface area contributed by atoms with Crippen LogP contribution in [0.4, 0.5) is 0 Å². The van der Waals surface area contributed by atoms with Crippen LogP contribution in [0.1, 0.15) is 323 Å². The van der Waals surface area contributed by atoms with E-state index in [1.54, 1.807) is 0 Å². The number of hydrogen-bond acceptors (Lipinski definition) is 6. The van der Waals surface area contributed by atoms with Crippen LogP contribution in [0.2, 0.25) is 0 Å². The smallest absolute Gasteiger partial charge is 0.306 e. The van der Waals surface area contributed by atoms with Gasteiger partial charge < -0.3 is 14.2 Å². The Labute approximate surface area is 435 Å². The topological polar surface area (TPSA) is 78.9 Å². The molecule has 0 fully saturated rings. The Morgan fingerprint density at radius 3 is 0.843 bits per heavy atom. The van der Waals surface area contributed by atoms with E-state index in [9.17, 15) is 14.4 Å². The van der Waals surface area contributed by atoms with Crippen LogP contribution in [-0.4, -0.2) is 37.2 Å². The summed E-state index contributed by atoms with van der Waals surface area (Å²) in [7, 11) is 0. The van der Waals surface area contributed by atoms with E-state index in [2.05, 4.69) is 69.4 Å². The number of allylic oxidation sites excluding steroid dienone is 8. The highest BCUT2D eigenvalue weighted by Gasteiger charge is 2.19. The quantitative estimate of drug-likeness (QED) is 0.0261. The minimum absolute atomic E-state index is 0.0760. The largest absolute Gasteiger partial charge is 0.462 e. The number of hydrogen-bond donors (Lipinski definition) is 0. The van der Waals surface area contributed by atoms with Crippen LogP contribution in [-0.2, 0) is 28.6 Å². The summed E-state index contributed by atoms with van der Waals surface area (Å²) in [5.41, 5.74) is 0. The van der Waals surface area contributed by atoms with E-state index in [1.165, 1.54) is 205 Å². The van der Waals surface area contributed by atoms with Gasteiger partial charge in [-0.2, -0.15) is 0 Å². The van der Waals surface area contributed by atoms with Gasteiger partial charge in [-0.1, -0.05) is 268 Å². The molecule has 0 rings (SSSR count). The molecule has 0 radical (unpaired) electrons. The molecule has 0 bridgehead atoms. The molecule has 0 amide bonds. The zero-order valence-corrected chi connectivity index (χ0v) is 46.8. The Bertz CT molecular complexity index is 1220. The highest BCUT2D eigenvalue weighted by molar-refractivity contribution is 5.71. The third-order valence-corrected chi connectivity index (χ3v) is 13.6. The van der Waals surface area contributed by atoms with Crippen molar-refractivity contribution in [1.82, 2.24) is 0 Å². The Balaban J connectivity index is 4.32. The second-order valence-corrected chi connectivity index (χ2v) is 20.6. The fraction of sp³-hybridized carbons (Fsp3) is 0.828. The first-order chi connectivity index (χ1) is 34.5. The molecule has 6 heteroatoms. The minimum Gasteiger partial charge on any atom is -0.462 e. The van der Waals surface area contributed by atoms with Crippen LogP contribution in [0, 0.1) is 0 Å². The summed E-state index contributed by atoms with van der Waals surface area (Å²) in [5.74, 6) is -0.874. The van der Waals surface area contributed by atoms with Crippen molar-refractivity contribution in [2.45, 2.75) is 329 Å². The van der Waals surface area contributed by atoms with Gasteiger partial charge in [0.05, 0.1) is 0 Å². The van der Waals surface area contributed by atoms with Crippen LogP contribution in [0.5, 0.6) is 0 Å². The maximum atomic E-state index is 12.9. The number of unbranched alkanes of at least 4 members (excludes halogenated alkanes) is 37. The summed E-state index contributed by atoms with van der Waals surface area (Å²) in [6.07, 6.45) is 72.5. The predicted molar refractivity (Wildman–Crippen MR) is 302 cm³/mol. The van der Waals surface area contributed by atoms with Gasteiger partial charge in [0, 0.05) is 19.3 Å². The molecule has 1 unspecified atom stereocenters. The van der Waals surface area contributed by atoms with Gasteiger partial charge in [-0.05, 0) is 83.5 Å². The van der Waals surface area contributed by atoms with Crippen LogP contribution in [0.3, 0.4) is 0 Å². The van der Waals surface area contributed by atoms with Gasteiger partial charge in [0.25, 0.3) is 0 Å². The first-order valence-corrected chi connectivity index (χ1v) is 30.6. The van der Waals surface area contributed by atoms with Crippen molar-refractivity contribution in [2.24, 2.45) is 0 Å². The van der Waals surface area contributed by atoms with E-state index in [0.29, 0.717) is 19.3 Å². The molecule has 0 aliphatic carbocycles. The molecule has 0 N–H and O–H groups in total. The van der Waals surface area contributed by atoms with Crippen LogP contribution < -0.4 is 0 Å². The lowest BCUT2D eigenvalue weighted by Crippen LogP contribution is -2.30. The molecule has 0 spiro atoms. The first-order valence-electron chi connectivity index (χ1n) is 30.6. The minimum atomic E-state index is -0.779. The Morgan fingerprint density at radius 2 is 0.514 bits per heavy atom. The molecule has 1 atom stereocenters. The summed E-state index contributed by atoms with van der Waals surface area (Å²) in [6.45, 7) is 6.64. The molecule has 408 valence electrons. The van der Waals surface area contributed by atoms with Crippen LogP contribution >= 0.6 is 0 Å². The molecule has 0 saturated heterocycles. The molecule has 0 aliphatic heterocycles. The molecule has 6 nitrogen and oxygen atoms in total. The van der Waals surface area contributed by atoms with Crippen molar-refractivity contribution < 1.29 is 28.6 Å². The number of carbonyl (C=O) groups is 3. The van der Waals surface area contributed by atoms with Gasteiger partial charge in [0.2, 0.25) is 0 Å². The predicted octanol–water partition coefficient (Wildman–Crippen LogP) is 20.6. The third-order valence-electron chi connectivity index (χ3n) is 13.6. The van der Waals surface area contributed by atoms with Crippen molar-refractivity contribution in [1.29, 1.82) is 0 Å². The Kier molecular flexibility index (Phi) is 56.7. The maximum Gasteiger partial charge on any atom is 0.306 e. The lowest BCUT2D eigenvalue weighted by Gasteiger charge is -2.18. The molecule has 0 aliphatic rings. The first kappa shape index (κ1) is 67.4. The number of rotatable bonds is 56. The van der Waals surface area contributed by atoms with Crippen molar-refractivity contribution >= 4 is 17.9 Å². The molecular weight excluding hydrogens is 865 g/mol. The fourth-order valence-electron chi connectivity index (χ4n) is 8.92. The second-order valence-electron chi connectivity index (χ2n) is 20.6. The van der Waals surface area contributed by atoms with Gasteiger partial charge in [-0.15, -0.1) is 0 Å². The van der Waals surface area contributed by atoms with Crippen molar-refractivity contribution in [3.8, 4) is 0 Å². The molecular formula is C64H116O6. The maximum absolute atomic E-state index is 12.9. The summed E-state index contributed by atoms with van der Waals surface area (Å²) < 4.78 is 16.9. The third kappa shape index (κ3) is 56.3. The Morgan fingerprint density at radius 1 is 0.286 bits per heavy atom. The van der Waals surface area contributed by atoms with Gasteiger partial charge >= 0.3 is 17.9 Å². The molecule has 0 aromatic rings. The molecule has 0 aromatic heterocycles. The van der Waals surface area contributed by atoms with Crippen LogP contribution in [0.25, 0.3) is 0 Å². The van der Waals surface area contributed by atoms with E-state index < -0.39 is 6.10 Å². The lowest BCUT2D eigenvalue weighted by molar-refractivity contribution is -0.167. The summed E-state index contributed by atoms with van der Waals surface area (Å²) >= 11 is 0. The van der Waals surface area contributed by atoms with E-state index in [1.807, 2.05) is 0 Å². The van der Waals surface area contributed by atoms with Gasteiger partial charge in [0.15, 0.2) is 6.10 Å². The van der Waals surface area contributed by atoms with Crippen molar-refractivity contribution in [3.63, 3.8) is 0 Å². The standard InChI is InChI=1S/C64H116O6/c1-4-7-10-13-16-19-22-25-27-29-31-32-34-35-37-39-42-45-48-51-54-57-63(66)69-60-61(59-68-62(65)56-53-50-47-44-41-24-21-18-15-12-9-6-3)70-64(67)58-55-52-49-46-43-40-38-36-33-30-28-26-23-20-17-14-11-8-5-2/h17,20,26,28-29,31,33,36,61H,4-16,18-19,21-25,27,30,32,34-35,37-60H2,1-3H3/b20-17-,28-26-,31-29-,36-33-. The van der Waals surface area contributed by atoms with E-state index in [-0.39, 0.29) is 31.1 Å². The van der Waals surface area contributed by atoms with Gasteiger partial charge in [0.1, 0.15) is 13.2 Å². The Hall–Kier alpha value is -2.63. The van der Waals surface area contributed by atoms with E-state index in [0.717, 1.165) is 77.0 Å². The second kappa shape index (κ2) is 58.9. The number of carbonyl (C=O) groups excluding carboxylic acids is 3. The average Bonchev–Trinajstić information content (AvgIpc) is 3.36. The van der Waals surface area contributed by atoms with E-state index in [4.69, 9.17) is 14.2 Å². The highest BCUT2D eigenvalue weighted by Crippen LogP contribution is 2.16. The summed E-state index contributed by atoms with van der Waals surface area (Å²) in [6, 6.07) is 0. The molecule has 0 aromatic carbocycles. The monoisotopic (exact) mass is 981 g/mol. The van der Waals surface area contributed by atoms with Gasteiger partial charge in [-0.3, -0.25) is 14.4 Å². The lowest BCUT2D eigenvalue weighted by atomic mass is 10.0. The van der Waals surface area contributed by atoms with Gasteiger partial charge in [-0.25, -0.2) is 0 Å². The summed E-state index contributed by atoms with van der Waals surface area (Å²) in [4.78, 5) is 38.2. The fourth-order valence-corrected chi connectivity index (χ4v) is 8.92. The zero-order valence-electron chi connectivity index (χ0n) is 46.8. The number of ether oxygens (including phenoxy) is 3. The average molecular weight is 982 g/mol.